The summed E-state index contributed by atoms with van der Waals surface area (Å²) in [4.78, 5) is 31.1. The smallest absolute Gasteiger partial charge is 0.268 e. The number of aryl methyl sites for hydroxylation is 2. The van der Waals surface area contributed by atoms with Crippen molar-refractivity contribution < 1.29 is 14.3 Å². The number of hydrogen-bond donors (Lipinski definition) is 1. The van der Waals surface area contributed by atoms with E-state index in [1.165, 1.54) is 4.90 Å². The zero-order chi connectivity index (χ0) is 18.8. The molecule has 0 bridgehead atoms. The average molecular weight is 353 g/mol. The third-order valence-corrected chi connectivity index (χ3v) is 4.34. The Morgan fingerprint density at radius 1 is 1.31 bits per heavy atom. The molecule has 1 aromatic heterocycles. The molecule has 1 aliphatic heterocycles. The molecule has 0 radical (unpaired) electrons. The van der Waals surface area contributed by atoms with Crippen LogP contribution in [-0.2, 0) is 9.59 Å². The fraction of sp³-hybridized carbons (Fsp3) is 0.350. The van der Waals surface area contributed by atoms with E-state index in [2.05, 4.69) is 10.3 Å². The number of aromatic nitrogens is 1. The Balaban J connectivity index is 1.87. The number of pyridine rings is 1. The summed E-state index contributed by atoms with van der Waals surface area (Å²) in [6, 6.07) is 9.32. The van der Waals surface area contributed by atoms with Gasteiger partial charge < -0.3 is 10.1 Å². The van der Waals surface area contributed by atoms with E-state index in [1.807, 2.05) is 58.0 Å². The number of carbonyl (C=O) groups is 2. The lowest BCUT2D eigenvalue weighted by Crippen LogP contribution is -2.50. The van der Waals surface area contributed by atoms with E-state index in [-0.39, 0.29) is 24.3 Å². The Morgan fingerprint density at radius 2 is 2.08 bits per heavy atom. The third kappa shape index (κ3) is 3.54. The number of anilines is 2. The van der Waals surface area contributed by atoms with Gasteiger partial charge in [-0.3, -0.25) is 14.5 Å². The van der Waals surface area contributed by atoms with Crippen molar-refractivity contribution in [3.63, 3.8) is 0 Å². The first kappa shape index (κ1) is 17.9. The maximum atomic E-state index is 12.9. The van der Waals surface area contributed by atoms with Crippen LogP contribution in [0.1, 0.15) is 25.0 Å². The minimum absolute atomic E-state index is 0.000508. The first-order valence-electron chi connectivity index (χ1n) is 8.67. The lowest BCUT2D eigenvalue weighted by molar-refractivity contribution is -0.129. The van der Waals surface area contributed by atoms with Crippen molar-refractivity contribution >= 4 is 23.3 Å². The molecule has 0 aliphatic carbocycles. The Labute approximate surface area is 153 Å². The van der Waals surface area contributed by atoms with Gasteiger partial charge in [0.2, 0.25) is 5.91 Å². The Kier molecular flexibility index (Phi) is 4.93. The quantitative estimate of drug-likeness (QED) is 0.917. The van der Waals surface area contributed by atoms with Gasteiger partial charge in [-0.2, -0.15) is 0 Å². The van der Waals surface area contributed by atoms with Gasteiger partial charge in [-0.05, 0) is 49.1 Å². The van der Waals surface area contributed by atoms with Crippen LogP contribution in [0.25, 0.3) is 0 Å². The molecule has 26 heavy (non-hydrogen) atoms. The van der Waals surface area contributed by atoms with Gasteiger partial charge in [-0.25, -0.2) is 4.98 Å². The molecule has 6 nitrogen and oxygen atoms in total. The number of nitrogens with zero attached hydrogens (tertiary/aromatic N) is 2. The third-order valence-electron chi connectivity index (χ3n) is 4.34. The molecule has 1 aromatic carbocycles. The summed E-state index contributed by atoms with van der Waals surface area (Å²) in [5.41, 5.74) is 2.49. The molecule has 1 atom stereocenters. The first-order valence-corrected chi connectivity index (χ1v) is 8.67. The van der Waals surface area contributed by atoms with Crippen molar-refractivity contribution in [2.45, 2.75) is 33.8 Å². The number of hydrogen-bond acceptors (Lipinski definition) is 4. The van der Waals surface area contributed by atoms with Gasteiger partial charge in [-0.15, -0.1) is 0 Å². The van der Waals surface area contributed by atoms with Crippen LogP contribution in [0.5, 0.6) is 5.75 Å². The molecule has 0 saturated heterocycles. The standard InChI is InChI=1S/C20H23N3O3/c1-12(2)18-20(25)23(15-10-13(3)7-8-16(15)26-18)11-17(24)22-19-14(4)6-5-9-21-19/h5-10,12,18H,11H2,1-4H3,(H,21,22,24). The first-order chi connectivity index (χ1) is 12.4. The highest BCUT2D eigenvalue weighted by molar-refractivity contribution is 6.06. The fourth-order valence-corrected chi connectivity index (χ4v) is 2.91. The second kappa shape index (κ2) is 7.15. The van der Waals surface area contributed by atoms with E-state index in [0.717, 1.165) is 11.1 Å². The highest BCUT2D eigenvalue weighted by atomic mass is 16.5. The number of rotatable bonds is 4. The predicted molar refractivity (Wildman–Crippen MR) is 100 cm³/mol. The van der Waals surface area contributed by atoms with Crippen LogP contribution < -0.4 is 15.0 Å². The minimum atomic E-state index is -0.602. The van der Waals surface area contributed by atoms with E-state index >= 15 is 0 Å². The highest BCUT2D eigenvalue weighted by Crippen LogP contribution is 2.36. The summed E-state index contributed by atoms with van der Waals surface area (Å²) in [7, 11) is 0. The molecule has 0 saturated carbocycles. The molecule has 136 valence electrons. The summed E-state index contributed by atoms with van der Waals surface area (Å²) in [5, 5.41) is 2.78. The zero-order valence-corrected chi connectivity index (χ0v) is 15.4. The molecule has 1 aliphatic rings. The van der Waals surface area contributed by atoms with Crippen molar-refractivity contribution in [3.8, 4) is 5.75 Å². The molecule has 2 aromatic rings. The van der Waals surface area contributed by atoms with E-state index < -0.39 is 6.10 Å². The van der Waals surface area contributed by atoms with Gasteiger partial charge in [-0.1, -0.05) is 26.0 Å². The molecule has 2 amide bonds. The Hall–Kier alpha value is -2.89. The lowest BCUT2D eigenvalue weighted by atomic mass is 10.0. The van der Waals surface area contributed by atoms with Gasteiger partial charge in [0.15, 0.2) is 6.10 Å². The summed E-state index contributed by atoms with van der Waals surface area (Å²) in [5.74, 6) is 0.627. The molecule has 0 fully saturated rings. The molecule has 0 spiro atoms. The van der Waals surface area contributed by atoms with Gasteiger partial charge in [0.25, 0.3) is 5.91 Å². The van der Waals surface area contributed by atoms with Crippen molar-refractivity contribution in [1.29, 1.82) is 0 Å². The molecular weight excluding hydrogens is 330 g/mol. The Bertz CT molecular complexity index is 848. The van der Waals surface area contributed by atoms with Crippen LogP contribution in [0, 0.1) is 19.8 Å². The number of fused-ring (bicyclic) bond motifs is 1. The topological polar surface area (TPSA) is 71.5 Å². The van der Waals surface area contributed by atoms with Crippen molar-refractivity contribution in [3.05, 3.63) is 47.7 Å². The van der Waals surface area contributed by atoms with Gasteiger partial charge in [0, 0.05) is 6.20 Å². The second-order valence-electron chi connectivity index (χ2n) is 6.90. The number of nitrogens with one attached hydrogen (secondary N) is 1. The van der Waals surface area contributed by atoms with Crippen LogP contribution in [-0.4, -0.2) is 29.4 Å². The van der Waals surface area contributed by atoms with Crippen LogP contribution >= 0.6 is 0 Å². The largest absolute Gasteiger partial charge is 0.478 e. The van der Waals surface area contributed by atoms with Gasteiger partial charge in [0.1, 0.15) is 18.1 Å². The van der Waals surface area contributed by atoms with Gasteiger partial charge in [0.05, 0.1) is 5.69 Å². The maximum absolute atomic E-state index is 12.9. The number of benzene rings is 1. The summed E-state index contributed by atoms with van der Waals surface area (Å²) in [6.07, 6.45) is 1.02. The number of carbonyl (C=O) groups excluding carboxylic acids is 2. The SMILES string of the molecule is Cc1ccc2c(c1)N(CC(=O)Nc1ncccc1C)C(=O)C(C(C)C)O2. The fourth-order valence-electron chi connectivity index (χ4n) is 2.91. The van der Waals surface area contributed by atoms with Crippen molar-refractivity contribution in [2.24, 2.45) is 5.92 Å². The monoisotopic (exact) mass is 353 g/mol. The number of amides is 2. The summed E-state index contributed by atoms with van der Waals surface area (Å²) < 4.78 is 5.87. The van der Waals surface area contributed by atoms with Crippen LogP contribution in [0.4, 0.5) is 11.5 Å². The summed E-state index contributed by atoms with van der Waals surface area (Å²) >= 11 is 0. The zero-order valence-electron chi connectivity index (χ0n) is 15.4. The normalized spacial score (nSPS) is 16.3. The van der Waals surface area contributed by atoms with Crippen LogP contribution in [0.15, 0.2) is 36.5 Å². The predicted octanol–water partition coefficient (Wildman–Crippen LogP) is 3.09. The van der Waals surface area contributed by atoms with Crippen LogP contribution in [0.3, 0.4) is 0 Å². The van der Waals surface area contributed by atoms with E-state index in [0.29, 0.717) is 17.3 Å². The molecule has 1 N–H and O–H groups in total. The van der Waals surface area contributed by atoms with Crippen LogP contribution in [0.2, 0.25) is 0 Å². The number of ether oxygens (including phenoxy) is 1. The lowest BCUT2D eigenvalue weighted by Gasteiger charge is -2.35. The van der Waals surface area contributed by atoms with Gasteiger partial charge >= 0.3 is 0 Å². The minimum Gasteiger partial charge on any atom is -0.478 e. The Morgan fingerprint density at radius 3 is 2.77 bits per heavy atom. The van der Waals surface area contributed by atoms with E-state index in [1.54, 1.807) is 6.20 Å². The second-order valence-corrected chi connectivity index (χ2v) is 6.90. The summed E-state index contributed by atoms with van der Waals surface area (Å²) in [6.45, 7) is 7.58. The maximum Gasteiger partial charge on any atom is 0.268 e. The highest BCUT2D eigenvalue weighted by Gasteiger charge is 2.37. The van der Waals surface area contributed by atoms with E-state index in [4.69, 9.17) is 4.74 Å². The average Bonchev–Trinajstić information content (AvgIpc) is 2.59. The van der Waals surface area contributed by atoms with E-state index in [9.17, 15) is 9.59 Å². The molecular formula is C20H23N3O3. The van der Waals surface area contributed by atoms with Crippen molar-refractivity contribution in [1.82, 2.24) is 4.98 Å². The van der Waals surface area contributed by atoms with Crippen molar-refractivity contribution in [2.75, 3.05) is 16.8 Å². The molecule has 2 heterocycles. The molecule has 3 rings (SSSR count). The molecule has 6 heteroatoms. The molecule has 1 unspecified atom stereocenters.